The van der Waals surface area contributed by atoms with Crippen molar-refractivity contribution in [3.05, 3.63) is 66.5 Å². The Balaban J connectivity index is 1.42. The van der Waals surface area contributed by atoms with Gasteiger partial charge < -0.3 is 15.0 Å². The summed E-state index contributed by atoms with van der Waals surface area (Å²) in [4.78, 5) is 30.4. The van der Waals surface area contributed by atoms with E-state index >= 15 is 0 Å². The lowest BCUT2D eigenvalue weighted by atomic mass is 10.1. The normalized spacial score (nSPS) is 13.7. The highest BCUT2D eigenvalue weighted by Crippen LogP contribution is 2.25. The second kappa shape index (κ2) is 7.51. The molecule has 0 aliphatic carbocycles. The van der Waals surface area contributed by atoms with Crippen molar-refractivity contribution < 1.29 is 18.3 Å². The number of benzene rings is 1. The first kappa shape index (κ1) is 17.7. The minimum atomic E-state index is -0.966. The number of rotatable bonds is 5. The molecular formula is C18H14F2N6O2. The van der Waals surface area contributed by atoms with Crippen molar-refractivity contribution in [3.8, 4) is 5.75 Å². The Morgan fingerprint density at radius 2 is 1.89 bits per heavy atom. The third kappa shape index (κ3) is 3.70. The molecular weight excluding hydrogens is 370 g/mol. The lowest BCUT2D eigenvalue weighted by Crippen LogP contribution is -2.54. The van der Waals surface area contributed by atoms with E-state index in [1.165, 1.54) is 31.0 Å². The summed E-state index contributed by atoms with van der Waals surface area (Å²) < 4.78 is 31.9. The van der Waals surface area contributed by atoms with Gasteiger partial charge in [0.2, 0.25) is 0 Å². The van der Waals surface area contributed by atoms with Gasteiger partial charge in [-0.2, -0.15) is 0 Å². The number of nitrogens with one attached hydrogen (secondary N) is 1. The molecule has 0 radical (unpaired) electrons. The van der Waals surface area contributed by atoms with Crippen molar-refractivity contribution in [2.45, 2.75) is 6.10 Å². The van der Waals surface area contributed by atoms with Gasteiger partial charge in [-0.25, -0.2) is 28.7 Å². The summed E-state index contributed by atoms with van der Waals surface area (Å²) >= 11 is 0. The topological polar surface area (TPSA) is 93.1 Å². The molecule has 1 N–H and O–H groups in total. The minimum absolute atomic E-state index is 0.146. The van der Waals surface area contributed by atoms with Gasteiger partial charge in [-0.1, -0.05) is 0 Å². The zero-order chi connectivity index (χ0) is 19.5. The van der Waals surface area contributed by atoms with Crippen LogP contribution in [0.25, 0.3) is 0 Å². The molecule has 3 aromatic rings. The number of halogens is 2. The van der Waals surface area contributed by atoms with Gasteiger partial charge in [-0.3, -0.25) is 4.79 Å². The number of amides is 1. The number of ether oxygens (including phenoxy) is 1. The number of carbonyl (C=O) groups is 1. The number of aromatic nitrogens is 4. The maximum atomic E-state index is 13.3. The predicted molar refractivity (Wildman–Crippen MR) is 95.0 cm³/mol. The van der Waals surface area contributed by atoms with Gasteiger partial charge in [-0.05, 0) is 18.2 Å². The monoisotopic (exact) mass is 384 g/mol. The number of carbonyl (C=O) groups excluding carboxylic acids is 1. The van der Waals surface area contributed by atoms with Gasteiger partial charge in [0.15, 0.2) is 23.1 Å². The molecule has 1 saturated heterocycles. The van der Waals surface area contributed by atoms with E-state index in [9.17, 15) is 13.6 Å². The molecule has 142 valence electrons. The van der Waals surface area contributed by atoms with Crippen LogP contribution in [0.5, 0.6) is 5.75 Å². The average molecular weight is 384 g/mol. The van der Waals surface area contributed by atoms with Crippen LogP contribution in [0.15, 0.2) is 49.2 Å². The Labute approximate surface area is 158 Å². The van der Waals surface area contributed by atoms with Crippen molar-refractivity contribution in [2.24, 2.45) is 0 Å². The van der Waals surface area contributed by atoms with Crippen LogP contribution >= 0.6 is 0 Å². The molecule has 1 fully saturated rings. The maximum absolute atomic E-state index is 13.3. The maximum Gasteiger partial charge on any atom is 0.279 e. The highest BCUT2D eigenvalue weighted by atomic mass is 19.2. The van der Waals surface area contributed by atoms with E-state index in [-0.39, 0.29) is 17.5 Å². The summed E-state index contributed by atoms with van der Waals surface area (Å²) in [5, 5.41) is 2.64. The molecule has 1 aliphatic heterocycles. The smallest absolute Gasteiger partial charge is 0.279 e. The van der Waals surface area contributed by atoms with Crippen LogP contribution in [0.4, 0.5) is 20.4 Å². The fourth-order valence-electron chi connectivity index (χ4n) is 2.69. The molecule has 0 bridgehead atoms. The third-order valence-electron chi connectivity index (χ3n) is 4.06. The molecule has 3 heterocycles. The standard InChI is InChI=1S/C18H14F2N6O2/c19-13-2-1-11(7-14(13)20)28-12-8-26(9-12)17-16(22-5-6-23-17)18(27)25-15-3-4-21-10-24-15/h1-7,10,12H,8-9H2,(H,21,24,25,27). The van der Waals surface area contributed by atoms with E-state index in [4.69, 9.17) is 4.74 Å². The summed E-state index contributed by atoms with van der Waals surface area (Å²) in [7, 11) is 0. The van der Waals surface area contributed by atoms with Gasteiger partial charge >= 0.3 is 0 Å². The quantitative estimate of drug-likeness (QED) is 0.720. The van der Waals surface area contributed by atoms with E-state index in [2.05, 4.69) is 25.3 Å². The fraction of sp³-hybridized carbons (Fsp3) is 0.167. The Hall–Kier alpha value is -3.69. The zero-order valence-electron chi connectivity index (χ0n) is 14.4. The van der Waals surface area contributed by atoms with Gasteiger partial charge in [0.05, 0.1) is 13.1 Å². The van der Waals surface area contributed by atoms with Crippen molar-refractivity contribution in [1.29, 1.82) is 0 Å². The Morgan fingerprint density at radius 1 is 1.07 bits per heavy atom. The second-order valence-corrected chi connectivity index (χ2v) is 6.00. The van der Waals surface area contributed by atoms with Crippen molar-refractivity contribution in [1.82, 2.24) is 19.9 Å². The summed E-state index contributed by atoms with van der Waals surface area (Å²) in [5.41, 5.74) is 0.146. The Morgan fingerprint density at radius 3 is 2.64 bits per heavy atom. The van der Waals surface area contributed by atoms with E-state index in [1.54, 1.807) is 6.07 Å². The van der Waals surface area contributed by atoms with Crippen molar-refractivity contribution in [2.75, 3.05) is 23.3 Å². The van der Waals surface area contributed by atoms with Gasteiger partial charge in [0.1, 0.15) is 24.0 Å². The van der Waals surface area contributed by atoms with Gasteiger partial charge in [0.25, 0.3) is 5.91 Å². The second-order valence-electron chi connectivity index (χ2n) is 6.00. The van der Waals surface area contributed by atoms with Crippen LogP contribution in [-0.4, -0.2) is 45.0 Å². The summed E-state index contributed by atoms with van der Waals surface area (Å²) in [6.45, 7) is 0.844. The van der Waals surface area contributed by atoms with Crippen LogP contribution < -0.4 is 15.0 Å². The molecule has 1 aliphatic rings. The highest BCUT2D eigenvalue weighted by molar-refractivity contribution is 6.05. The van der Waals surface area contributed by atoms with Crippen LogP contribution in [-0.2, 0) is 0 Å². The number of hydrogen-bond donors (Lipinski definition) is 1. The molecule has 1 amide bonds. The average Bonchev–Trinajstić information content (AvgIpc) is 2.68. The van der Waals surface area contributed by atoms with E-state index in [1.807, 2.05) is 4.90 Å². The molecule has 10 heteroatoms. The molecule has 0 spiro atoms. The van der Waals surface area contributed by atoms with E-state index in [0.717, 1.165) is 12.1 Å². The van der Waals surface area contributed by atoms with Crippen LogP contribution in [0.2, 0.25) is 0 Å². The third-order valence-corrected chi connectivity index (χ3v) is 4.06. The number of hydrogen-bond acceptors (Lipinski definition) is 7. The van der Waals surface area contributed by atoms with Crippen LogP contribution in [0.1, 0.15) is 10.5 Å². The summed E-state index contributed by atoms with van der Waals surface area (Å²) in [6.07, 6.45) is 5.50. The first-order valence-corrected chi connectivity index (χ1v) is 8.35. The molecule has 8 nitrogen and oxygen atoms in total. The molecule has 4 rings (SSSR count). The molecule has 0 unspecified atom stereocenters. The lowest BCUT2D eigenvalue weighted by molar-refractivity contribution is 0.102. The van der Waals surface area contributed by atoms with Crippen molar-refractivity contribution in [3.63, 3.8) is 0 Å². The molecule has 28 heavy (non-hydrogen) atoms. The van der Waals surface area contributed by atoms with Crippen molar-refractivity contribution >= 4 is 17.5 Å². The number of anilines is 2. The summed E-state index contributed by atoms with van der Waals surface area (Å²) in [5.74, 6) is -1.36. The van der Waals surface area contributed by atoms with Gasteiger partial charge in [0, 0.05) is 24.7 Å². The predicted octanol–water partition coefficient (Wildman–Crippen LogP) is 2.06. The molecule has 1 aromatic carbocycles. The Kier molecular flexibility index (Phi) is 4.75. The SMILES string of the molecule is O=C(Nc1ccncn1)c1nccnc1N1CC(Oc2ccc(F)c(F)c2)C1. The van der Waals surface area contributed by atoms with Crippen LogP contribution in [0.3, 0.4) is 0 Å². The number of nitrogens with zero attached hydrogens (tertiary/aromatic N) is 5. The largest absolute Gasteiger partial charge is 0.487 e. The highest BCUT2D eigenvalue weighted by Gasteiger charge is 2.33. The first-order valence-electron chi connectivity index (χ1n) is 8.35. The Bertz CT molecular complexity index is 998. The summed E-state index contributed by atoms with van der Waals surface area (Å²) in [6, 6.07) is 4.94. The van der Waals surface area contributed by atoms with Crippen LogP contribution in [0, 0.1) is 11.6 Å². The van der Waals surface area contributed by atoms with Gasteiger partial charge in [-0.15, -0.1) is 0 Å². The van der Waals surface area contributed by atoms with E-state index < -0.39 is 17.5 Å². The molecule has 0 saturated carbocycles. The molecule has 0 atom stereocenters. The lowest BCUT2D eigenvalue weighted by Gasteiger charge is -2.40. The fourth-order valence-corrected chi connectivity index (χ4v) is 2.69. The zero-order valence-corrected chi connectivity index (χ0v) is 14.4. The van der Waals surface area contributed by atoms with E-state index in [0.29, 0.717) is 24.7 Å². The molecule has 2 aromatic heterocycles. The minimum Gasteiger partial charge on any atom is -0.487 e. The first-order chi connectivity index (χ1) is 13.6.